The van der Waals surface area contributed by atoms with Crippen molar-refractivity contribution in [3.63, 3.8) is 0 Å². The molecule has 1 saturated carbocycles. The third kappa shape index (κ3) is 2.01. The molecule has 1 heteroatoms. The lowest BCUT2D eigenvalue weighted by atomic mass is 9.62. The van der Waals surface area contributed by atoms with E-state index >= 15 is 0 Å². The van der Waals surface area contributed by atoms with E-state index < -0.39 is 0 Å². The van der Waals surface area contributed by atoms with Gasteiger partial charge in [-0.05, 0) is 38.5 Å². The topological polar surface area (TPSA) is 12.4 Å². The average molecular weight is 179 g/mol. The molecule has 0 aromatic rings. The van der Waals surface area contributed by atoms with Crippen molar-refractivity contribution >= 4 is 5.71 Å². The van der Waals surface area contributed by atoms with Gasteiger partial charge in [-0.2, -0.15) is 0 Å². The van der Waals surface area contributed by atoms with Gasteiger partial charge in [-0.3, -0.25) is 4.99 Å². The number of hydrogen-bond acceptors (Lipinski definition) is 1. The molecule has 0 heterocycles. The third-order valence-corrected chi connectivity index (χ3v) is 3.11. The Hall–Kier alpha value is -0.590. The summed E-state index contributed by atoms with van der Waals surface area (Å²) in [6.45, 7) is 10.9. The van der Waals surface area contributed by atoms with Crippen LogP contribution in [0.3, 0.4) is 0 Å². The Bertz CT molecular complexity index is 213. The van der Waals surface area contributed by atoms with Crippen LogP contribution in [0, 0.1) is 17.8 Å². The van der Waals surface area contributed by atoms with E-state index in [4.69, 9.17) is 0 Å². The summed E-state index contributed by atoms with van der Waals surface area (Å²) in [6, 6.07) is 0.561. The van der Waals surface area contributed by atoms with Crippen molar-refractivity contribution in [2.75, 3.05) is 0 Å². The molecule has 0 N–H and O–H groups in total. The molecule has 0 aromatic heterocycles. The first-order chi connectivity index (χ1) is 6.07. The summed E-state index contributed by atoms with van der Waals surface area (Å²) in [6.07, 6.45) is 4.49. The second kappa shape index (κ2) is 4.08. The highest BCUT2D eigenvalue weighted by atomic mass is 14.9. The number of hydrogen-bond donors (Lipinski definition) is 0. The number of aliphatic imine (C=N–C) groups is 1. The largest absolute Gasteiger partial charge is 0.291 e. The van der Waals surface area contributed by atoms with E-state index in [1.807, 2.05) is 0 Å². The maximum Gasteiger partial charge on any atom is 0.0561 e. The molecular weight excluding hydrogens is 158 g/mol. The minimum atomic E-state index is 0.561. The second-order valence-electron chi connectivity index (χ2n) is 4.39. The van der Waals surface area contributed by atoms with Gasteiger partial charge in [0.25, 0.3) is 0 Å². The van der Waals surface area contributed by atoms with Gasteiger partial charge in [0.1, 0.15) is 0 Å². The molecule has 1 nitrogen and oxygen atoms in total. The standard InChI is InChI=1S/C12H21N/c1-6-7-11-9(4)12(10(11)5)13-8(2)3/h6-7,9-12H,1-5H3/b7-6-. The maximum atomic E-state index is 4.66. The van der Waals surface area contributed by atoms with Gasteiger partial charge in [0.05, 0.1) is 6.04 Å². The highest BCUT2D eigenvalue weighted by Gasteiger charge is 2.42. The second-order valence-corrected chi connectivity index (χ2v) is 4.39. The Balaban J connectivity index is 2.61. The Morgan fingerprint density at radius 3 is 2.08 bits per heavy atom. The first kappa shape index (κ1) is 10.5. The van der Waals surface area contributed by atoms with E-state index in [1.165, 1.54) is 5.71 Å². The molecule has 0 aromatic carbocycles. The fraction of sp³-hybridized carbons (Fsp3) is 0.750. The molecule has 1 rings (SSSR count). The molecule has 2 atom stereocenters. The van der Waals surface area contributed by atoms with E-state index in [0.717, 1.165) is 17.8 Å². The van der Waals surface area contributed by atoms with Crippen molar-refractivity contribution in [1.82, 2.24) is 0 Å². The smallest absolute Gasteiger partial charge is 0.0561 e. The SMILES string of the molecule is C/C=C\C1C(C)C(N=C(C)C)C1C. The van der Waals surface area contributed by atoms with Gasteiger partial charge in [0.15, 0.2) is 0 Å². The predicted octanol–water partition coefficient (Wildman–Crippen LogP) is 3.31. The van der Waals surface area contributed by atoms with Crippen LogP contribution in [0.1, 0.15) is 34.6 Å². The lowest BCUT2D eigenvalue weighted by molar-refractivity contribution is 0.106. The zero-order chi connectivity index (χ0) is 10.0. The van der Waals surface area contributed by atoms with Crippen molar-refractivity contribution in [3.05, 3.63) is 12.2 Å². The summed E-state index contributed by atoms with van der Waals surface area (Å²) in [5.41, 5.74) is 1.21. The van der Waals surface area contributed by atoms with Gasteiger partial charge in [-0.25, -0.2) is 0 Å². The van der Waals surface area contributed by atoms with Crippen LogP contribution in [-0.2, 0) is 0 Å². The molecule has 13 heavy (non-hydrogen) atoms. The van der Waals surface area contributed by atoms with Crippen LogP contribution in [0.5, 0.6) is 0 Å². The Morgan fingerprint density at radius 1 is 1.15 bits per heavy atom. The average Bonchev–Trinajstić information content (AvgIpc) is 2.09. The van der Waals surface area contributed by atoms with Gasteiger partial charge in [-0.1, -0.05) is 26.0 Å². The fourth-order valence-corrected chi connectivity index (χ4v) is 2.37. The fourth-order valence-electron chi connectivity index (χ4n) is 2.37. The van der Waals surface area contributed by atoms with Crippen molar-refractivity contribution < 1.29 is 0 Å². The van der Waals surface area contributed by atoms with Crippen LogP contribution in [0.25, 0.3) is 0 Å². The van der Waals surface area contributed by atoms with Crippen molar-refractivity contribution in [1.29, 1.82) is 0 Å². The summed E-state index contributed by atoms with van der Waals surface area (Å²) in [5.74, 6) is 2.19. The first-order valence-corrected chi connectivity index (χ1v) is 5.21. The normalized spacial score (nSPS) is 38.8. The minimum Gasteiger partial charge on any atom is -0.291 e. The van der Waals surface area contributed by atoms with Crippen molar-refractivity contribution in [3.8, 4) is 0 Å². The molecule has 0 aliphatic heterocycles. The molecule has 0 radical (unpaired) electrons. The van der Waals surface area contributed by atoms with E-state index in [1.54, 1.807) is 0 Å². The van der Waals surface area contributed by atoms with Crippen molar-refractivity contribution in [2.24, 2.45) is 22.7 Å². The summed E-state index contributed by atoms with van der Waals surface area (Å²) in [4.78, 5) is 4.66. The third-order valence-electron chi connectivity index (χ3n) is 3.11. The van der Waals surface area contributed by atoms with Crippen LogP contribution in [0.15, 0.2) is 17.1 Å². The molecule has 0 amide bonds. The molecule has 1 aliphatic carbocycles. The quantitative estimate of drug-likeness (QED) is 0.455. The Kier molecular flexibility index (Phi) is 3.29. The summed E-state index contributed by atoms with van der Waals surface area (Å²) < 4.78 is 0. The van der Waals surface area contributed by atoms with Gasteiger partial charge >= 0.3 is 0 Å². The first-order valence-electron chi connectivity index (χ1n) is 5.21. The molecule has 2 unspecified atom stereocenters. The van der Waals surface area contributed by atoms with E-state index in [2.05, 4.69) is 51.8 Å². The van der Waals surface area contributed by atoms with Crippen LogP contribution < -0.4 is 0 Å². The number of rotatable bonds is 2. The summed E-state index contributed by atoms with van der Waals surface area (Å²) in [5, 5.41) is 0. The molecule has 0 saturated heterocycles. The monoisotopic (exact) mass is 179 g/mol. The molecule has 1 fully saturated rings. The van der Waals surface area contributed by atoms with E-state index in [9.17, 15) is 0 Å². The minimum absolute atomic E-state index is 0.561. The highest BCUT2D eigenvalue weighted by molar-refractivity contribution is 5.79. The Labute approximate surface area is 82.0 Å². The Morgan fingerprint density at radius 2 is 1.69 bits per heavy atom. The van der Waals surface area contributed by atoms with Gasteiger partial charge < -0.3 is 0 Å². The maximum absolute atomic E-state index is 4.66. The van der Waals surface area contributed by atoms with Crippen molar-refractivity contribution in [2.45, 2.75) is 40.7 Å². The molecule has 1 aliphatic rings. The van der Waals surface area contributed by atoms with Gasteiger partial charge in [0, 0.05) is 5.71 Å². The van der Waals surface area contributed by atoms with Gasteiger partial charge in [-0.15, -0.1) is 0 Å². The van der Waals surface area contributed by atoms with Crippen LogP contribution >= 0.6 is 0 Å². The summed E-state index contributed by atoms with van der Waals surface area (Å²) in [7, 11) is 0. The molecular formula is C12H21N. The lowest BCUT2D eigenvalue weighted by Gasteiger charge is -2.46. The summed E-state index contributed by atoms with van der Waals surface area (Å²) >= 11 is 0. The van der Waals surface area contributed by atoms with Gasteiger partial charge in [0.2, 0.25) is 0 Å². The van der Waals surface area contributed by atoms with E-state index in [0.29, 0.717) is 6.04 Å². The molecule has 0 spiro atoms. The zero-order valence-electron chi connectivity index (χ0n) is 9.41. The predicted molar refractivity (Wildman–Crippen MR) is 59.2 cm³/mol. The lowest BCUT2D eigenvalue weighted by Crippen LogP contribution is -2.46. The molecule has 0 bridgehead atoms. The zero-order valence-corrected chi connectivity index (χ0v) is 9.41. The molecule has 74 valence electrons. The number of nitrogens with zero attached hydrogens (tertiary/aromatic N) is 1. The van der Waals surface area contributed by atoms with Crippen LogP contribution in [0.2, 0.25) is 0 Å². The highest BCUT2D eigenvalue weighted by Crippen LogP contribution is 2.43. The van der Waals surface area contributed by atoms with E-state index in [-0.39, 0.29) is 0 Å². The van der Waals surface area contributed by atoms with Crippen LogP contribution in [-0.4, -0.2) is 11.8 Å². The van der Waals surface area contributed by atoms with Crippen LogP contribution in [0.4, 0.5) is 0 Å². The number of allylic oxidation sites excluding steroid dienone is 2.